The molecule has 0 aromatic carbocycles. The maximum absolute atomic E-state index is 12.3. The van der Waals surface area contributed by atoms with Crippen LogP contribution in [0.4, 0.5) is 4.79 Å². The predicted molar refractivity (Wildman–Crippen MR) is 86.0 cm³/mol. The van der Waals surface area contributed by atoms with Crippen LogP contribution in [-0.2, 0) is 15.9 Å². The summed E-state index contributed by atoms with van der Waals surface area (Å²) >= 11 is 1.69. The van der Waals surface area contributed by atoms with E-state index in [1.54, 1.807) is 11.3 Å². The molecule has 2 fully saturated rings. The van der Waals surface area contributed by atoms with E-state index in [0.717, 1.165) is 25.8 Å². The molecule has 2 aliphatic rings. The lowest BCUT2D eigenvalue weighted by molar-refractivity contribution is -0.189. The van der Waals surface area contributed by atoms with Crippen molar-refractivity contribution >= 4 is 17.4 Å². The van der Waals surface area contributed by atoms with Gasteiger partial charge in [-0.3, -0.25) is 0 Å². The first-order valence-electron chi connectivity index (χ1n) is 7.99. The van der Waals surface area contributed by atoms with E-state index in [4.69, 9.17) is 9.47 Å². The maximum Gasteiger partial charge on any atom is 0.317 e. The molecule has 3 heterocycles. The number of piperidine rings is 1. The van der Waals surface area contributed by atoms with E-state index < -0.39 is 5.79 Å². The Kier molecular flexibility index (Phi) is 5.00. The SMILES string of the molecule is CC1([C@H]2CCCN(C(=O)NCCc3ccsc3)C2)OCCO1. The Labute approximate surface area is 135 Å². The van der Waals surface area contributed by atoms with Crippen molar-refractivity contribution in [1.29, 1.82) is 0 Å². The standard InChI is InChI=1S/C16H24N2O3S/c1-16(20-8-9-21-16)14-3-2-7-18(11-14)15(19)17-6-4-13-5-10-22-12-13/h5,10,12,14H,2-4,6-9,11H2,1H3,(H,17,19)/t14-/m0/s1. The van der Waals surface area contributed by atoms with Crippen LogP contribution in [0.25, 0.3) is 0 Å². The van der Waals surface area contributed by atoms with E-state index in [0.29, 0.717) is 26.3 Å². The molecule has 0 aliphatic carbocycles. The first kappa shape index (κ1) is 15.8. The molecule has 22 heavy (non-hydrogen) atoms. The van der Waals surface area contributed by atoms with Gasteiger partial charge in [0.2, 0.25) is 0 Å². The van der Waals surface area contributed by atoms with Crippen LogP contribution in [0.3, 0.4) is 0 Å². The predicted octanol–water partition coefficient (Wildman–Crippen LogP) is 2.48. The van der Waals surface area contributed by atoms with Gasteiger partial charge in [-0.05, 0) is 48.6 Å². The lowest BCUT2D eigenvalue weighted by Gasteiger charge is -2.39. The quantitative estimate of drug-likeness (QED) is 0.926. The van der Waals surface area contributed by atoms with Crippen molar-refractivity contribution in [3.63, 3.8) is 0 Å². The molecule has 6 heteroatoms. The lowest BCUT2D eigenvalue weighted by atomic mass is 9.90. The molecule has 2 aliphatic heterocycles. The van der Waals surface area contributed by atoms with Gasteiger partial charge in [0.15, 0.2) is 5.79 Å². The Morgan fingerprint density at radius 1 is 1.50 bits per heavy atom. The Hall–Kier alpha value is -1.11. The average Bonchev–Trinajstić information content (AvgIpc) is 3.20. The Balaban J connectivity index is 1.47. The zero-order valence-electron chi connectivity index (χ0n) is 13.0. The topological polar surface area (TPSA) is 50.8 Å². The van der Waals surface area contributed by atoms with E-state index in [9.17, 15) is 4.79 Å². The van der Waals surface area contributed by atoms with E-state index in [2.05, 4.69) is 22.1 Å². The van der Waals surface area contributed by atoms with Crippen LogP contribution < -0.4 is 5.32 Å². The van der Waals surface area contributed by atoms with E-state index in [1.807, 2.05) is 11.8 Å². The highest BCUT2D eigenvalue weighted by Crippen LogP contribution is 2.33. The molecular weight excluding hydrogens is 300 g/mol. The van der Waals surface area contributed by atoms with Crippen molar-refractivity contribution in [3.05, 3.63) is 22.4 Å². The van der Waals surface area contributed by atoms with Gasteiger partial charge in [0.25, 0.3) is 0 Å². The van der Waals surface area contributed by atoms with Crippen molar-refractivity contribution in [2.75, 3.05) is 32.8 Å². The van der Waals surface area contributed by atoms with Crippen molar-refractivity contribution < 1.29 is 14.3 Å². The van der Waals surface area contributed by atoms with Crippen molar-refractivity contribution in [1.82, 2.24) is 10.2 Å². The van der Waals surface area contributed by atoms with Crippen LogP contribution in [0.5, 0.6) is 0 Å². The summed E-state index contributed by atoms with van der Waals surface area (Å²) in [4.78, 5) is 14.2. The molecule has 2 saturated heterocycles. The van der Waals surface area contributed by atoms with Crippen LogP contribution in [0.1, 0.15) is 25.3 Å². The molecule has 0 saturated carbocycles. The summed E-state index contributed by atoms with van der Waals surface area (Å²) in [5, 5.41) is 7.21. The van der Waals surface area contributed by atoms with Gasteiger partial charge in [0, 0.05) is 25.6 Å². The molecule has 1 N–H and O–H groups in total. The van der Waals surface area contributed by atoms with Gasteiger partial charge in [-0.2, -0.15) is 11.3 Å². The normalized spacial score (nSPS) is 24.4. The van der Waals surface area contributed by atoms with Crippen LogP contribution >= 0.6 is 11.3 Å². The first-order chi connectivity index (χ1) is 10.7. The number of nitrogens with zero attached hydrogens (tertiary/aromatic N) is 1. The molecule has 2 amide bonds. The molecule has 1 aromatic rings. The number of urea groups is 1. The Morgan fingerprint density at radius 3 is 3.05 bits per heavy atom. The largest absolute Gasteiger partial charge is 0.347 e. The smallest absolute Gasteiger partial charge is 0.317 e. The fourth-order valence-corrected chi connectivity index (χ4v) is 3.92. The van der Waals surface area contributed by atoms with Gasteiger partial charge in [-0.15, -0.1) is 0 Å². The highest BCUT2D eigenvalue weighted by molar-refractivity contribution is 7.07. The van der Waals surface area contributed by atoms with Crippen molar-refractivity contribution in [2.24, 2.45) is 5.92 Å². The van der Waals surface area contributed by atoms with Crippen molar-refractivity contribution in [2.45, 2.75) is 32.0 Å². The van der Waals surface area contributed by atoms with Crippen LogP contribution in [0, 0.1) is 5.92 Å². The minimum Gasteiger partial charge on any atom is -0.347 e. The molecule has 3 rings (SSSR count). The second kappa shape index (κ2) is 6.98. The van der Waals surface area contributed by atoms with Crippen molar-refractivity contribution in [3.8, 4) is 0 Å². The maximum atomic E-state index is 12.3. The second-order valence-electron chi connectivity index (χ2n) is 6.11. The average molecular weight is 324 g/mol. The third kappa shape index (κ3) is 3.62. The van der Waals surface area contributed by atoms with Gasteiger partial charge >= 0.3 is 6.03 Å². The van der Waals surface area contributed by atoms with Crippen LogP contribution in [0.2, 0.25) is 0 Å². The number of nitrogens with one attached hydrogen (secondary N) is 1. The summed E-state index contributed by atoms with van der Waals surface area (Å²) in [6, 6.07) is 2.13. The second-order valence-corrected chi connectivity index (χ2v) is 6.89. The fourth-order valence-electron chi connectivity index (χ4n) is 3.22. The molecule has 122 valence electrons. The summed E-state index contributed by atoms with van der Waals surface area (Å²) in [5.74, 6) is -0.262. The van der Waals surface area contributed by atoms with E-state index >= 15 is 0 Å². The molecule has 0 spiro atoms. The summed E-state index contributed by atoms with van der Waals surface area (Å²) in [6.45, 7) is 5.51. The van der Waals surface area contributed by atoms with E-state index in [-0.39, 0.29) is 11.9 Å². The highest BCUT2D eigenvalue weighted by Gasteiger charge is 2.42. The van der Waals surface area contributed by atoms with Gasteiger partial charge < -0.3 is 19.7 Å². The molecular formula is C16H24N2O3S. The number of thiophene rings is 1. The van der Waals surface area contributed by atoms with Gasteiger partial charge in [0.1, 0.15) is 0 Å². The highest BCUT2D eigenvalue weighted by atomic mass is 32.1. The molecule has 5 nitrogen and oxygen atoms in total. The number of carbonyl (C=O) groups excluding carboxylic acids is 1. The number of hydrogen-bond acceptors (Lipinski definition) is 4. The van der Waals surface area contributed by atoms with Gasteiger partial charge in [0.05, 0.1) is 13.2 Å². The number of rotatable bonds is 4. The fraction of sp³-hybridized carbons (Fsp3) is 0.688. The number of likely N-dealkylation sites (tertiary alicyclic amines) is 1. The van der Waals surface area contributed by atoms with Crippen LogP contribution in [0.15, 0.2) is 16.8 Å². The number of amides is 2. The first-order valence-corrected chi connectivity index (χ1v) is 8.93. The summed E-state index contributed by atoms with van der Waals surface area (Å²) in [6.07, 6.45) is 2.94. The van der Waals surface area contributed by atoms with Gasteiger partial charge in [-0.25, -0.2) is 4.79 Å². The number of carbonyl (C=O) groups is 1. The molecule has 1 atom stereocenters. The molecule has 0 bridgehead atoms. The van der Waals surface area contributed by atoms with E-state index in [1.165, 1.54) is 5.56 Å². The minimum atomic E-state index is -0.518. The molecule has 1 aromatic heterocycles. The number of ether oxygens (including phenoxy) is 2. The zero-order valence-corrected chi connectivity index (χ0v) is 13.9. The minimum absolute atomic E-state index is 0.0292. The lowest BCUT2D eigenvalue weighted by Crippen LogP contribution is -2.51. The van der Waals surface area contributed by atoms with Crippen LogP contribution in [-0.4, -0.2) is 49.6 Å². The Morgan fingerprint density at radius 2 is 2.32 bits per heavy atom. The third-order valence-electron chi connectivity index (χ3n) is 4.58. The monoisotopic (exact) mass is 324 g/mol. The molecule has 0 unspecified atom stereocenters. The summed E-state index contributed by atoms with van der Waals surface area (Å²) < 4.78 is 11.5. The Bertz CT molecular complexity index is 486. The van der Waals surface area contributed by atoms with Gasteiger partial charge in [-0.1, -0.05) is 0 Å². The zero-order chi connectivity index (χ0) is 15.4. The molecule has 0 radical (unpaired) electrons. The number of hydrogen-bond donors (Lipinski definition) is 1. The third-order valence-corrected chi connectivity index (χ3v) is 5.31. The summed E-state index contributed by atoms with van der Waals surface area (Å²) in [7, 11) is 0. The summed E-state index contributed by atoms with van der Waals surface area (Å²) in [5.41, 5.74) is 1.28.